The van der Waals surface area contributed by atoms with Crippen LogP contribution in [0.2, 0.25) is 0 Å². The fourth-order valence-corrected chi connectivity index (χ4v) is 4.05. The Labute approximate surface area is 189 Å². The predicted octanol–water partition coefficient (Wildman–Crippen LogP) is 5.52. The fraction of sp³-hybridized carbons (Fsp3) is 0.348. The van der Waals surface area contributed by atoms with Crippen molar-refractivity contribution in [2.75, 3.05) is 5.75 Å². The molecule has 0 saturated carbocycles. The van der Waals surface area contributed by atoms with E-state index in [1.807, 2.05) is 12.1 Å². The Bertz CT molecular complexity index is 1070. The molecule has 7 nitrogen and oxygen atoms in total. The first-order valence-corrected chi connectivity index (χ1v) is 11.5. The summed E-state index contributed by atoms with van der Waals surface area (Å²) in [6.45, 7) is 2.08. The Morgan fingerprint density at radius 1 is 1.25 bits per heavy atom. The topological polar surface area (TPSA) is 81.6 Å². The van der Waals surface area contributed by atoms with E-state index in [1.54, 1.807) is 30.2 Å². The average Bonchev–Trinajstić information content (AvgIpc) is 3.50. The summed E-state index contributed by atoms with van der Waals surface area (Å²) < 4.78 is 30.4. The first-order valence-electron chi connectivity index (χ1n) is 10.5. The van der Waals surface area contributed by atoms with E-state index < -0.39 is 11.9 Å². The molecule has 0 spiro atoms. The molecule has 3 aromatic rings. The van der Waals surface area contributed by atoms with Crippen LogP contribution in [0.15, 0.2) is 68.5 Å². The second-order valence-corrected chi connectivity index (χ2v) is 8.31. The summed E-state index contributed by atoms with van der Waals surface area (Å²) in [7, 11) is 0. The number of hydrogen-bond donors (Lipinski definition) is 0. The van der Waals surface area contributed by atoms with Gasteiger partial charge >= 0.3 is 0 Å². The van der Waals surface area contributed by atoms with Crippen LogP contribution in [0.3, 0.4) is 0 Å². The second kappa shape index (κ2) is 10.5. The number of nitrogens with zero attached hydrogens (tertiary/aromatic N) is 3. The molecule has 2 aromatic heterocycles. The van der Waals surface area contributed by atoms with Gasteiger partial charge in [0, 0.05) is 5.70 Å². The summed E-state index contributed by atoms with van der Waals surface area (Å²) in [4.78, 5) is 14.8. The molecule has 0 aliphatic heterocycles. The van der Waals surface area contributed by atoms with Gasteiger partial charge in [-0.05, 0) is 56.9 Å². The number of furan rings is 1. The molecule has 0 fully saturated rings. The van der Waals surface area contributed by atoms with Crippen molar-refractivity contribution in [1.82, 2.24) is 15.1 Å². The van der Waals surface area contributed by atoms with E-state index in [2.05, 4.69) is 16.3 Å². The zero-order valence-corrected chi connectivity index (χ0v) is 18.5. The van der Waals surface area contributed by atoms with Crippen LogP contribution < -0.4 is 4.74 Å². The number of ether oxygens (including phenoxy) is 1. The van der Waals surface area contributed by atoms with E-state index in [0.717, 1.165) is 48.9 Å². The second-order valence-electron chi connectivity index (χ2n) is 7.39. The van der Waals surface area contributed by atoms with Crippen molar-refractivity contribution in [3.8, 4) is 5.75 Å². The number of benzene rings is 1. The molecule has 0 radical (unpaired) electrons. The maximum Gasteiger partial charge on any atom is 0.277 e. The van der Waals surface area contributed by atoms with Crippen molar-refractivity contribution < 1.29 is 22.8 Å². The summed E-state index contributed by atoms with van der Waals surface area (Å²) in [5.74, 6) is 0.668. The number of rotatable bonds is 9. The van der Waals surface area contributed by atoms with E-state index in [4.69, 9.17) is 13.6 Å². The highest BCUT2D eigenvalue weighted by Gasteiger charge is 2.23. The maximum atomic E-state index is 13.8. The van der Waals surface area contributed by atoms with Crippen LogP contribution in [0.5, 0.6) is 5.75 Å². The Balaban J connectivity index is 1.37. The number of para-hydroxylation sites is 1. The van der Waals surface area contributed by atoms with Crippen molar-refractivity contribution in [1.29, 1.82) is 0 Å². The smallest absolute Gasteiger partial charge is 0.277 e. The van der Waals surface area contributed by atoms with Crippen LogP contribution in [0, 0.1) is 5.82 Å². The first kappa shape index (κ1) is 22.1. The van der Waals surface area contributed by atoms with Gasteiger partial charge in [-0.2, -0.15) is 0 Å². The third-order valence-electron chi connectivity index (χ3n) is 5.04. The Kier molecular flexibility index (Phi) is 7.26. The number of allylic oxidation sites excluding steroid dienone is 2. The molecule has 1 aromatic carbocycles. The largest absolute Gasteiger partial charge is 0.478 e. The van der Waals surface area contributed by atoms with E-state index in [9.17, 15) is 9.18 Å². The molecule has 1 atom stereocenters. The zero-order valence-electron chi connectivity index (χ0n) is 17.7. The van der Waals surface area contributed by atoms with E-state index in [-0.39, 0.29) is 28.5 Å². The van der Waals surface area contributed by atoms with Crippen LogP contribution in [-0.2, 0) is 11.3 Å². The van der Waals surface area contributed by atoms with Gasteiger partial charge < -0.3 is 18.5 Å². The molecular formula is C23H24FN3O4S. The van der Waals surface area contributed by atoms with Crippen molar-refractivity contribution in [3.63, 3.8) is 0 Å². The fourth-order valence-electron chi connectivity index (χ4n) is 3.40. The van der Waals surface area contributed by atoms with E-state index in [0.29, 0.717) is 6.54 Å². The summed E-state index contributed by atoms with van der Waals surface area (Å²) in [6.07, 6.45) is 7.14. The number of thioether (sulfide) groups is 1. The predicted molar refractivity (Wildman–Crippen MR) is 116 cm³/mol. The van der Waals surface area contributed by atoms with E-state index in [1.165, 1.54) is 12.1 Å². The van der Waals surface area contributed by atoms with Gasteiger partial charge in [0.05, 0.1) is 18.6 Å². The summed E-state index contributed by atoms with van der Waals surface area (Å²) in [5.41, 5.74) is 1.02. The van der Waals surface area contributed by atoms with Crippen molar-refractivity contribution in [3.05, 3.63) is 71.9 Å². The van der Waals surface area contributed by atoms with Gasteiger partial charge in [-0.3, -0.25) is 4.79 Å². The minimum absolute atomic E-state index is 0.0602. The summed E-state index contributed by atoms with van der Waals surface area (Å²) in [5, 5.41) is 8.23. The van der Waals surface area contributed by atoms with Gasteiger partial charge in [0.25, 0.3) is 11.1 Å². The Hall–Kier alpha value is -3.07. The quantitative estimate of drug-likeness (QED) is 0.391. The highest BCUT2D eigenvalue weighted by Crippen LogP contribution is 2.27. The maximum absolute atomic E-state index is 13.8. The number of halogens is 1. The Morgan fingerprint density at radius 2 is 2.12 bits per heavy atom. The molecule has 0 saturated heterocycles. The number of hydrogen-bond acceptors (Lipinski definition) is 7. The van der Waals surface area contributed by atoms with Crippen molar-refractivity contribution in [2.45, 2.75) is 50.5 Å². The summed E-state index contributed by atoms with van der Waals surface area (Å²) >= 11 is 1.16. The highest BCUT2D eigenvalue weighted by molar-refractivity contribution is 7.99. The standard InChI is InChI=1S/C23H24FN3O4S/c1-16(30-20-12-6-5-11-19(20)24)22-25-26-23(31-22)32-15-21(28)27(14-18-10-7-13-29-18)17-8-3-2-4-9-17/h5-8,10-13,16H,2-4,9,14-15H2,1H3. The molecule has 0 N–H and O–H groups in total. The average molecular weight is 458 g/mol. The molecule has 9 heteroatoms. The number of aromatic nitrogens is 2. The van der Waals surface area contributed by atoms with E-state index >= 15 is 0 Å². The third kappa shape index (κ3) is 5.59. The third-order valence-corrected chi connectivity index (χ3v) is 5.84. The van der Waals surface area contributed by atoms with Crippen LogP contribution >= 0.6 is 11.8 Å². The lowest BCUT2D eigenvalue weighted by Crippen LogP contribution is -2.32. The first-order chi connectivity index (χ1) is 15.6. The van der Waals surface area contributed by atoms with Gasteiger partial charge in [-0.25, -0.2) is 4.39 Å². The SMILES string of the molecule is CC(Oc1ccccc1F)c1nnc(SCC(=O)N(Cc2ccco2)C2=CCCCC2)o1. The lowest BCUT2D eigenvalue weighted by molar-refractivity contribution is -0.127. The highest BCUT2D eigenvalue weighted by atomic mass is 32.2. The molecule has 4 rings (SSSR count). The molecule has 2 heterocycles. The molecule has 0 bridgehead atoms. The minimum atomic E-state index is -0.632. The van der Waals surface area contributed by atoms with Crippen LogP contribution in [0.4, 0.5) is 4.39 Å². The van der Waals surface area contributed by atoms with Crippen LogP contribution in [-0.4, -0.2) is 26.8 Å². The molecule has 32 heavy (non-hydrogen) atoms. The molecule has 168 valence electrons. The molecule has 1 aliphatic carbocycles. The number of amides is 1. The van der Waals surface area contributed by atoms with Gasteiger partial charge in [0.1, 0.15) is 5.76 Å². The molecule has 1 unspecified atom stereocenters. The minimum Gasteiger partial charge on any atom is -0.478 e. The van der Waals surface area contributed by atoms with Gasteiger partial charge in [0.15, 0.2) is 17.7 Å². The number of carbonyl (C=O) groups excluding carboxylic acids is 1. The van der Waals surface area contributed by atoms with Gasteiger partial charge in [-0.1, -0.05) is 30.0 Å². The number of carbonyl (C=O) groups is 1. The monoisotopic (exact) mass is 457 g/mol. The zero-order chi connectivity index (χ0) is 22.3. The van der Waals surface area contributed by atoms with Gasteiger partial charge in [-0.15, -0.1) is 10.2 Å². The van der Waals surface area contributed by atoms with Crippen molar-refractivity contribution >= 4 is 17.7 Å². The Morgan fingerprint density at radius 3 is 2.88 bits per heavy atom. The molecule has 1 amide bonds. The summed E-state index contributed by atoms with van der Waals surface area (Å²) in [6, 6.07) is 9.79. The lowest BCUT2D eigenvalue weighted by Gasteiger charge is -2.26. The van der Waals surface area contributed by atoms with Crippen LogP contribution in [0.25, 0.3) is 0 Å². The molecular weight excluding hydrogens is 433 g/mol. The normalized spacial score (nSPS) is 14.6. The van der Waals surface area contributed by atoms with Gasteiger partial charge in [0.2, 0.25) is 5.91 Å². The van der Waals surface area contributed by atoms with Crippen LogP contribution in [0.1, 0.15) is 50.4 Å². The molecule has 1 aliphatic rings. The van der Waals surface area contributed by atoms with Crippen molar-refractivity contribution in [2.24, 2.45) is 0 Å². The lowest BCUT2D eigenvalue weighted by atomic mass is 10.0.